The van der Waals surface area contributed by atoms with Crippen molar-refractivity contribution in [1.29, 1.82) is 0 Å². The van der Waals surface area contributed by atoms with E-state index in [0.717, 1.165) is 25.7 Å². The molecule has 1 aliphatic rings. The molecule has 3 nitrogen and oxygen atoms in total. The number of hydrogen-bond acceptors (Lipinski definition) is 2. The lowest BCUT2D eigenvalue weighted by Crippen LogP contribution is -2.49. The Labute approximate surface area is 106 Å². The summed E-state index contributed by atoms with van der Waals surface area (Å²) >= 11 is 5.98. The molecule has 1 amide bonds. The van der Waals surface area contributed by atoms with Crippen molar-refractivity contribution in [1.82, 2.24) is 5.32 Å². The molecule has 0 bridgehead atoms. The number of nitrogens with two attached hydrogens (primary N) is 1. The lowest BCUT2D eigenvalue weighted by atomic mass is 9.91. The second kappa shape index (κ2) is 5.52. The molecule has 1 aromatic rings. The van der Waals surface area contributed by atoms with Gasteiger partial charge in [-0.3, -0.25) is 4.79 Å². The average Bonchev–Trinajstić information content (AvgIpc) is 2.32. The molecule has 4 heteroatoms. The van der Waals surface area contributed by atoms with Crippen LogP contribution in [-0.4, -0.2) is 18.0 Å². The summed E-state index contributed by atoms with van der Waals surface area (Å²) in [6, 6.07) is 7.21. The molecular weight excluding hydrogens is 236 g/mol. The predicted molar refractivity (Wildman–Crippen MR) is 69.1 cm³/mol. The van der Waals surface area contributed by atoms with Crippen LogP contribution in [-0.2, 0) is 0 Å². The van der Waals surface area contributed by atoms with Crippen LogP contribution in [0, 0.1) is 0 Å². The Morgan fingerprint density at radius 3 is 2.71 bits per heavy atom. The first-order valence-corrected chi connectivity index (χ1v) is 6.37. The summed E-state index contributed by atoms with van der Waals surface area (Å²) in [5.41, 5.74) is 6.52. The van der Waals surface area contributed by atoms with Gasteiger partial charge in [0, 0.05) is 12.1 Å². The topological polar surface area (TPSA) is 55.1 Å². The molecule has 0 aromatic heterocycles. The molecule has 0 heterocycles. The molecule has 0 radical (unpaired) electrons. The monoisotopic (exact) mass is 252 g/mol. The number of carbonyl (C=O) groups excluding carboxylic acids is 1. The van der Waals surface area contributed by atoms with Gasteiger partial charge in [-0.2, -0.15) is 0 Å². The van der Waals surface area contributed by atoms with Crippen molar-refractivity contribution >= 4 is 17.5 Å². The summed E-state index contributed by atoms with van der Waals surface area (Å²) in [4.78, 5) is 12.0. The average molecular weight is 253 g/mol. The van der Waals surface area contributed by atoms with Crippen molar-refractivity contribution in [2.45, 2.75) is 37.8 Å². The molecule has 2 unspecified atom stereocenters. The zero-order valence-corrected chi connectivity index (χ0v) is 10.4. The minimum atomic E-state index is -0.127. The van der Waals surface area contributed by atoms with E-state index in [0.29, 0.717) is 10.6 Å². The highest BCUT2D eigenvalue weighted by Gasteiger charge is 2.24. The van der Waals surface area contributed by atoms with Crippen molar-refractivity contribution in [3.05, 3.63) is 34.9 Å². The number of amides is 1. The van der Waals surface area contributed by atoms with E-state index in [4.69, 9.17) is 17.3 Å². The molecule has 92 valence electrons. The van der Waals surface area contributed by atoms with E-state index in [1.165, 1.54) is 0 Å². The van der Waals surface area contributed by atoms with Crippen molar-refractivity contribution in [2.24, 2.45) is 5.73 Å². The first-order chi connectivity index (χ1) is 8.18. The zero-order chi connectivity index (χ0) is 12.3. The molecule has 0 aliphatic heterocycles. The van der Waals surface area contributed by atoms with E-state index in [1.54, 1.807) is 12.1 Å². The Balaban J connectivity index is 2.04. The molecule has 1 saturated carbocycles. The van der Waals surface area contributed by atoms with Crippen LogP contribution < -0.4 is 11.1 Å². The van der Waals surface area contributed by atoms with Gasteiger partial charge in [0.15, 0.2) is 0 Å². The summed E-state index contributed by atoms with van der Waals surface area (Å²) in [5, 5.41) is 3.46. The molecule has 0 spiro atoms. The Hall–Kier alpha value is -1.06. The second-order valence-corrected chi connectivity index (χ2v) is 4.92. The molecule has 3 N–H and O–H groups in total. The van der Waals surface area contributed by atoms with Gasteiger partial charge in [-0.15, -0.1) is 0 Å². The lowest BCUT2D eigenvalue weighted by Gasteiger charge is -2.29. The quantitative estimate of drug-likeness (QED) is 0.849. The highest BCUT2D eigenvalue weighted by molar-refractivity contribution is 6.33. The van der Waals surface area contributed by atoms with Gasteiger partial charge in [0.05, 0.1) is 10.6 Å². The Morgan fingerprint density at radius 1 is 1.29 bits per heavy atom. The van der Waals surface area contributed by atoms with Crippen LogP contribution in [0.25, 0.3) is 0 Å². The van der Waals surface area contributed by atoms with Crippen LogP contribution in [0.15, 0.2) is 24.3 Å². The van der Waals surface area contributed by atoms with Crippen LogP contribution in [0.1, 0.15) is 36.0 Å². The summed E-state index contributed by atoms with van der Waals surface area (Å²) in [7, 11) is 0. The van der Waals surface area contributed by atoms with Crippen molar-refractivity contribution in [3.8, 4) is 0 Å². The molecule has 2 rings (SSSR count). The van der Waals surface area contributed by atoms with E-state index < -0.39 is 0 Å². The smallest absolute Gasteiger partial charge is 0.253 e. The summed E-state index contributed by atoms with van der Waals surface area (Å²) < 4.78 is 0. The van der Waals surface area contributed by atoms with Gasteiger partial charge in [-0.25, -0.2) is 0 Å². The first kappa shape index (κ1) is 12.4. The number of carbonyl (C=O) groups is 1. The maximum Gasteiger partial charge on any atom is 0.253 e. The Morgan fingerprint density at radius 2 is 2.00 bits per heavy atom. The molecule has 0 saturated heterocycles. The number of rotatable bonds is 2. The highest BCUT2D eigenvalue weighted by atomic mass is 35.5. The lowest BCUT2D eigenvalue weighted by molar-refractivity contribution is 0.0921. The SMILES string of the molecule is NC1CCCCC1NC(=O)c1ccccc1Cl. The van der Waals surface area contributed by atoms with Gasteiger partial charge in [0.1, 0.15) is 0 Å². The fourth-order valence-electron chi connectivity index (χ4n) is 2.23. The summed E-state index contributed by atoms with van der Waals surface area (Å²) in [6.45, 7) is 0. The summed E-state index contributed by atoms with van der Waals surface area (Å²) in [6.07, 6.45) is 4.21. The van der Waals surface area contributed by atoms with E-state index >= 15 is 0 Å². The molecular formula is C13H17ClN2O. The van der Waals surface area contributed by atoms with Gasteiger partial charge in [0.25, 0.3) is 5.91 Å². The minimum absolute atomic E-state index is 0.0650. The largest absolute Gasteiger partial charge is 0.348 e. The molecule has 1 aromatic carbocycles. The molecule has 1 fully saturated rings. The van der Waals surface area contributed by atoms with E-state index in [2.05, 4.69) is 5.32 Å². The first-order valence-electron chi connectivity index (χ1n) is 5.99. The van der Waals surface area contributed by atoms with E-state index in [-0.39, 0.29) is 18.0 Å². The van der Waals surface area contributed by atoms with Crippen molar-refractivity contribution in [2.75, 3.05) is 0 Å². The molecule has 2 atom stereocenters. The second-order valence-electron chi connectivity index (χ2n) is 4.51. The van der Waals surface area contributed by atoms with Gasteiger partial charge in [-0.05, 0) is 25.0 Å². The van der Waals surface area contributed by atoms with Crippen molar-refractivity contribution in [3.63, 3.8) is 0 Å². The minimum Gasteiger partial charge on any atom is -0.348 e. The van der Waals surface area contributed by atoms with Crippen LogP contribution in [0.4, 0.5) is 0 Å². The number of benzene rings is 1. The van der Waals surface area contributed by atoms with Crippen LogP contribution in [0.5, 0.6) is 0 Å². The van der Waals surface area contributed by atoms with Crippen LogP contribution >= 0.6 is 11.6 Å². The van der Waals surface area contributed by atoms with Crippen LogP contribution in [0.3, 0.4) is 0 Å². The fourth-order valence-corrected chi connectivity index (χ4v) is 2.45. The number of hydrogen-bond donors (Lipinski definition) is 2. The third kappa shape index (κ3) is 2.99. The third-order valence-corrected chi connectivity index (χ3v) is 3.58. The van der Waals surface area contributed by atoms with Gasteiger partial charge >= 0.3 is 0 Å². The fraction of sp³-hybridized carbons (Fsp3) is 0.462. The van der Waals surface area contributed by atoms with E-state index in [1.807, 2.05) is 12.1 Å². The molecule has 1 aliphatic carbocycles. The molecule has 17 heavy (non-hydrogen) atoms. The van der Waals surface area contributed by atoms with Gasteiger partial charge in [0.2, 0.25) is 0 Å². The van der Waals surface area contributed by atoms with E-state index in [9.17, 15) is 4.79 Å². The normalized spacial score (nSPS) is 24.4. The predicted octanol–water partition coefficient (Wildman–Crippen LogP) is 2.34. The maximum atomic E-state index is 12.0. The highest BCUT2D eigenvalue weighted by Crippen LogP contribution is 2.19. The van der Waals surface area contributed by atoms with Crippen molar-refractivity contribution < 1.29 is 4.79 Å². The van der Waals surface area contributed by atoms with Gasteiger partial charge < -0.3 is 11.1 Å². The standard InChI is InChI=1S/C13H17ClN2O/c14-10-6-2-1-5-9(10)13(17)16-12-8-4-3-7-11(12)15/h1-2,5-6,11-12H,3-4,7-8,15H2,(H,16,17). The zero-order valence-electron chi connectivity index (χ0n) is 9.66. The number of nitrogens with one attached hydrogen (secondary N) is 1. The Kier molecular flexibility index (Phi) is 4.02. The number of halogens is 1. The maximum absolute atomic E-state index is 12.0. The summed E-state index contributed by atoms with van der Waals surface area (Å²) in [5.74, 6) is -0.127. The van der Waals surface area contributed by atoms with Gasteiger partial charge in [-0.1, -0.05) is 36.6 Å². The third-order valence-electron chi connectivity index (χ3n) is 3.25. The van der Waals surface area contributed by atoms with Crippen LogP contribution in [0.2, 0.25) is 5.02 Å². The Bertz CT molecular complexity index is 408.